The summed E-state index contributed by atoms with van der Waals surface area (Å²) in [6.45, 7) is 7.74. The molecule has 3 unspecified atom stereocenters. The summed E-state index contributed by atoms with van der Waals surface area (Å²) in [5.74, 6) is 0.389. The number of anilines is 1. The topological polar surface area (TPSA) is 44.4 Å². The summed E-state index contributed by atoms with van der Waals surface area (Å²) in [5, 5.41) is 6.69. The molecule has 0 saturated heterocycles. The second kappa shape index (κ2) is 9.00. The molecule has 0 radical (unpaired) electrons. The summed E-state index contributed by atoms with van der Waals surface area (Å²) >= 11 is 0. The Morgan fingerprint density at radius 3 is 2.67 bits per heavy atom. The van der Waals surface area contributed by atoms with E-state index in [0.29, 0.717) is 18.0 Å². The number of hydrogen-bond acceptors (Lipinski definition) is 3. The Hall–Kier alpha value is -2.66. The summed E-state index contributed by atoms with van der Waals surface area (Å²) < 4.78 is 13.4. The number of nitrogens with zero attached hydrogens (tertiary/aromatic N) is 1. The number of fused-ring (bicyclic) bond motifs is 3. The van der Waals surface area contributed by atoms with E-state index in [0.717, 1.165) is 37.3 Å². The number of nitrogens with one attached hydrogen (secondary N) is 2. The molecule has 30 heavy (non-hydrogen) atoms. The molecule has 0 bridgehead atoms. The van der Waals surface area contributed by atoms with Gasteiger partial charge in [0.2, 0.25) is 0 Å². The second-order valence-corrected chi connectivity index (χ2v) is 8.11. The number of carbonyl (C=O) groups excluding carboxylic acids is 1. The third kappa shape index (κ3) is 4.12. The van der Waals surface area contributed by atoms with Crippen LogP contribution in [0.15, 0.2) is 54.6 Å². The van der Waals surface area contributed by atoms with Crippen LogP contribution < -0.4 is 10.6 Å². The molecule has 4 rings (SSSR count). The number of benzene rings is 2. The van der Waals surface area contributed by atoms with Gasteiger partial charge in [0.15, 0.2) is 0 Å². The first kappa shape index (κ1) is 20.6. The minimum absolute atomic E-state index is 0.0239. The molecule has 2 N–H and O–H groups in total. The maximum atomic E-state index is 13.4. The summed E-state index contributed by atoms with van der Waals surface area (Å²) in [6.07, 6.45) is 5.45. The van der Waals surface area contributed by atoms with Crippen molar-refractivity contribution in [1.29, 1.82) is 0 Å². The molecular formula is C25H30FN3O. The van der Waals surface area contributed by atoms with Gasteiger partial charge in [-0.3, -0.25) is 4.79 Å². The van der Waals surface area contributed by atoms with Gasteiger partial charge >= 0.3 is 0 Å². The SMILES string of the molecule is CCN(CC)CCNC(=O)c1ccc2c(c1)C1C=CCC1C(c1ccc(F)cc1)N2. The van der Waals surface area contributed by atoms with E-state index < -0.39 is 0 Å². The number of carbonyl (C=O) groups is 1. The van der Waals surface area contributed by atoms with Crippen molar-refractivity contribution >= 4 is 11.6 Å². The molecule has 158 valence electrons. The molecule has 4 nitrogen and oxygen atoms in total. The van der Waals surface area contributed by atoms with Crippen molar-refractivity contribution < 1.29 is 9.18 Å². The standard InChI is InChI=1S/C25H30FN3O/c1-3-29(4-2)15-14-27-25(30)18-10-13-23-22(16-18)20-6-5-7-21(20)24(28-23)17-8-11-19(26)12-9-17/h5-6,8-13,16,20-21,24,28H,3-4,7,14-15H2,1-2H3,(H,27,30). The smallest absolute Gasteiger partial charge is 0.251 e. The molecule has 0 fully saturated rings. The third-order valence-corrected chi connectivity index (χ3v) is 6.46. The number of allylic oxidation sites excluding steroid dienone is 2. The first-order valence-electron chi connectivity index (χ1n) is 10.9. The molecule has 0 aromatic heterocycles. The predicted molar refractivity (Wildman–Crippen MR) is 119 cm³/mol. The Labute approximate surface area is 178 Å². The molecule has 1 amide bonds. The average molecular weight is 408 g/mol. The van der Waals surface area contributed by atoms with Crippen LogP contribution in [0.5, 0.6) is 0 Å². The van der Waals surface area contributed by atoms with Crippen LogP contribution in [0.1, 0.15) is 53.7 Å². The number of likely N-dealkylation sites (N-methyl/N-ethyl adjacent to an activating group) is 1. The monoisotopic (exact) mass is 407 g/mol. The van der Waals surface area contributed by atoms with E-state index >= 15 is 0 Å². The highest BCUT2D eigenvalue weighted by Gasteiger charge is 2.38. The van der Waals surface area contributed by atoms with Crippen LogP contribution in [0, 0.1) is 11.7 Å². The Balaban J connectivity index is 1.51. The van der Waals surface area contributed by atoms with Crippen molar-refractivity contribution in [3.8, 4) is 0 Å². The summed E-state index contributed by atoms with van der Waals surface area (Å²) in [6, 6.07) is 12.8. The van der Waals surface area contributed by atoms with Gasteiger partial charge in [0, 0.05) is 30.3 Å². The molecule has 2 aliphatic rings. The minimum atomic E-state index is -0.215. The van der Waals surface area contributed by atoms with Crippen LogP contribution in [0.2, 0.25) is 0 Å². The van der Waals surface area contributed by atoms with Crippen molar-refractivity contribution in [3.05, 3.63) is 77.1 Å². The Kier molecular flexibility index (Phi) is 6.18. The predicted octanol–water partition coefficient (Wildman–Crippen LogP) is 4.72. The number of hydrogen-bond donors (Lipinski definition) is 2. The molecule has 3 atom stereocenters. The normalized spacial score (nSPS) is 21.8. The highest BCUT2D eigenvalue weighted by Crippen LogP contribution is 2.49. The van der Waals surface area contributed by atoms with E-state index in [-0.39, 0.29) is 23.7 Å². The van der Waals surface area contributed by atoms with Gasteiger partial charge in [-0.15, -0.1) is 0 Å². The quantitative estimate of drug-likeness (QED) is 0.653. The van der Waals surface area contributed by atoms with Crippen LogP contribution in [0.4, 0.5) is 10.1 Å². The minimum Gasteiger partial charge on any atom is -0.378 e. The van der Waals surface area contributed by atoms with Gasteiger partial charge in [-0.05, 0) is 66.9 Å². The lowest BCUT2D eigenvalue weighted by Gasteiger charge is -2.37. The zero-order chi connectivity index (χ0) is 21.1. The molecule has 1 aliphatic carbocycles. The lowest BCUT2D eigenvalue weighted by molar-refractivity contribution is 0.0948. The van der Waals surface area contributed by atoms with E-state index in [1.165, 1.54) is 17.7 Å². The fourth-order valence-electron chi connectivity index (χ4n) is 4.71. The molecule has 0 saturated carbocycles. The first-order valence-corrected chi connectivity index (χ1v) is 10.9. The van der Waals surface area contributed by atoms with Crippen molar-refractivity contribution in [3.63, 3.8) is 0 Å². The van der Waals surface area contributed by atoms with Crippen LogP contribution in [-0.4, -0.2) is 37.0 Å². The lowest BCUT2D eigenvalue weighted by Crippen LogP contribution is -2.35. The van der Waals surface area contributed by atoms with Gasteiger partial charge in [-0.2, -0.15) is 0 Å². The molecule has 5 heteroatoms. The number of halogens is 1. The van der Waals surface area contributed by atoms with Crippen LogP contribution >= 0.6 is 0 Å². The van der Waals surface area contributed by atoms with E-state index in [9.17, 15) is 9.18 Å². The zero-order valence-corrected chi connectivity index (χ0v) is 17.7. The van der Waals surface area contributed by atoms with Crippen molar-refractivity contribution in [2.75, 3.05) is 31.5 Å². The third-order valence-electron chi connectivity index (χ3n) is 6.46. The Morgan fingerprint density at radius 2 is 1.93 bits per heavy atom. The van der Waals surface area contributed by atoms with Crippen LogP contribution in [0.3, 0.4) is 0 Å². The highest BCUT2D eigenvalue weighted by atomic mass is 19.1. The maximum absolute atomic E-state index is 13.4. The average Bonchev–Trinajstić information content (AvgIpc) is 3.27. The van der Waals surface area contributed by atoms with Gasteiger partial charge in [0.1, 0.15) is 5.82 Å². The number of amides is 1. The van der Waals surface area contributed by atoms with Gasteiger partial charge in [-0.25, -0.2) is 4.39 Å². The summed E-state index contributed by atoms with van der Waals surface area (Å²) in [5.41, 5.74) is 4.02. The first-order chi connectivity index (χ1) is 14.6. The summed E-state index contributed by atoms with van der Waals surface area (Å²) in [4.78, 5) is 15.0. The molecule has 2 aromatic carbocycles. The molecule has 2 aromatic rings. The molecule has 0 spiro atoms. The zero-order valence-electron chi connectivity index (χ0n) is 17.7. The van der Waals surface area contributed by atoms with E-state index in [1.54, 1.807) is 0 Å². The summed E-state index contributed by atoms with van der Waals surface area (Å²) in [7, 11) is 0. The van der Waals surface area contributed by atoms with Crippen molar-refractivity contribution in [1.82, 2.24) is 10.2 Å². The molecule has 1 heterocycles. The van der Waals surface area contributed by atoms with Crippen molar-refractivity contribution in [2.45, 2.75) is 32.2 Å². The van der Waals surface area contributed by atoms with Gasteiger partial charge in [0.25, 0.3) is 5.91 Å². The second-order valence-electron chi connectivity index (χ2n) is 8.11. The van der Waals surface area contributed by atoms with Gasteiger partial charge < -0.3 is 15.5 Å². The number of rotatable bonds is 7. The molecular weight excluding hydrogens is 377 g/mol. The van der Waals surface area contributed by atoms with Gasteiger partial charge in [-0.1, -0.05) is 38.1 Å². The maximum Gasteiger partial charge on any atom is 0.251 e. The Bertz CT molecular complexity index is 920. The fraction of sp³-hybridized carbons (Fsp3) is 0.400. The Morgan fingerprint density at radius 1 is 1.17 bits per heavy atom. The van der Waals surface area contributed by atoms with E-state index in [4.69, 9.17) is 0 Å². The largest absolute Gasteiger partial charge is 0.378 e. The van der Waals surface area contributed by atoms with E-state index in [2.05, 4.69) is 41.5 Å². The highest BCUT2D eigenvalue weighted by molar-refractivity contribution is 5.95. The molecule has 1 aliphatic heterocycles. The van der Waals surface area contributed by atoms with Crippen LogP contribution in [-0.2, 0) is 0 Å². The van der Waals surface area contributed by atoms with Crippen LogP contribution in [0.25, 0.3) is 0 Å². The van der Waals surface area contributed by atoms with Crippen molar-refractivity contribution in [2.24, 2.45) is 5.92 Å². The van der Waals surface area contributed by atoms with E-state index in [1.807, 2.05) is 30.3 Å². The lowest BCUT2D eigenvalue weighted by atomic mass is 9.76. The fourth-order valence-corrected chi connectivity index (χ4v) is 4.71. The van der Waals surface area contributed by atoms with Gasteiger partial charge in [0.05, 0.1) is 6.04 Å².